The molecule has 0 saturated carbocycles. The maximum absolute atomic E-state index is 5.61. The number of aromatic nitrogens is 2. The number of hydrogen-bond donors (Lipinski definition) is 1. The van der Waals surface area contributed by atoms with Crippen molar-refractivity contribution in [1.29, 1.82) is 0 Å². The minimum atomic E-state index is 0.573. The molecule has 3 nitrogen and oxygen atoms in total. The molecule has 1 aromatic heterocycles. The minimum Gasteiger partial charge on any atom is -0.381 e. The van der Waals surface area contributed by atoms with Gasteiger partial charge in [0, 0.05) is 12.7 Å². The number of anilines is 1. The van der Waals surface area contributed by atoms with Crippen molar-refractivity contribution in [3.63, 3.8) is 0 Å². The first-order valence-electron chi connectivity index (χ1n) is 4.62. The standard InChI is InChI=1S/C9H16BrN3/c1-3-4-7(2)5-13-6-8(10)9(11)12-13/h6-7H,3-5H2,1-2H3,(H2,11,12). The van der Waals surface area contributed by atoms with E-state index in [2.05, 4.69) is 34.9 Å². The molecule has 1 unspecified atom stereocenters. The van der Waals surface area contributed by atoms with Crippen LogP contribution in [0.1, 0.15) is 26.7 Å². The summed E-state index contributed by atoms with van der Waals surface area (Å²) < 4.78 is 2.79. The van der Waals surface area contributed by atoms with Gasteiger partial charge in [-0.25, -0.2) is 0 Å². The molecule has 0 radical (unpaired) electrons. The maximum atomic E-state index is 5.61. The molecule has 0 fully saturated rings. The molecule has 4 heteroatoms. The Balaban J connectivity index is 2.53. The van der Waals surface area contributed by atoms with E-state index < -0.39 is 0 Å². The molecule has 0 bridgehead atoms. The highest BCUT2D eigenvalue weighted by Gasteiger charge is 2.05. The van der Waals surface area contributed by atoms with Gasteiger partial charge in [-0.05, 0) is 28.3 Å². The van der Waals surface area contributed by atoms with Gasteiger partial charge in [-0.15, -0.1) is 0 Å². The van der Waals surface area contributed by atoms with Crippen molar-refractivity contribution in [1.82, 2.24) is 9.78 Å². The topological polar surface area (TPSA) is 43.8 Å². The van der Waals surface area contributed by atoms with Crippen molar-refractivity contribution in [3.05, 3.63) is 10.7 Å². The molecule has 0 saturated heterocycles. The Morgan fingerprint density at radius 2 is 2.38 bits per heavy atom. The molecule has 74 valence electrons. The third kappa shape index (κ3) is 3.03. The minimum absolute atomic E-state index is 0.573. The second kappa shape index (κ2) is 4.65. The Morgan fingerprint density at radius 3 is 2.85 bits per heavy atom. The van der Waals surface area contributed by atoms with Crippen LogP contribution in [0.5, 0.6) is 0 Å². The molecule has 2 N–H and O–H groups in total. The van der Waals surface area contributed by atoms with E-state index in [-0.39, 0.29) is 0 Å². The summed E-state index contributed by atoms with van der Waals surface area (Å²) in [6.45, 7) is 5.38. The molecule has 0 aliphatic heterocycles. The molecular formula is C9H16BrN3. The van der Waals surface area contributed by atoms with Crippen molar-refractivity contribution in [3.8, 4) is 0 Å². The van der Waals surface area contributed by atoms with Crippen LogP contribution in [0.4, 0.5) is 5.82 Å². The first-order chi connectivity index (χ1) is 6.13. The van der Waals surface area contributed by atoms with Crippen LogP contribution in [0, 0.1) is 5.92 Å². The Morgan fingerprint density at radius 1 is 1.69 bits per heavy atom. The molecule has 1 aromatic rings. The summed E-state index contributed by atoms with van der Waals surface area (Å²) in [5, 5.41) is 4.18. The van der Waals surface area contributed by atoms with Crippen molar-refractivity contribution in [2.24, 2.45) is 5.92 Å². The van der Waals surface area contributed by atoms with Crippen LogP contribution in [0.2, 0.25) is 0 Å². The highest BCUT2D eigenvalue weighted by atomic mass is 79.9. The first-order valence-corrected chi connectivity index (χ1v) is 5.41. The fraction of sp³-hybridized carbons (Fsp3) is 0.667. The Bertz CT molecular complexity index is 250. The van der Waals surface area contributed by atoms with E-state index in [1.54, 1.807) is 0 Å². The van der Waals surface area contributed by atoms with Gasteiger partial charge >= 0.3 is 0 Å². The van der Waals surface area contributed by atoms with Crippen LogP contribution in [0.25, 0.3) is 0 Å². The predicted octanol–water partition coefficient (Wildman–Crippen LogP) is 2.66. The van der Waals surface area contributed by atoms with Crippen LogP contribution < -0.4 is 5.73 Å². The molecule has 1 atom stereocenters. The molecule has 0 spiro atoms. The van der Waals surface area contributed by atoms with Crippen molar-refractivity contribution < 1.29 is 0 Å². The number of nitrogen functional groups attached to an aromatic ring is 1. The molecule has 0 amide bonds. The average Bonchev–Trinajstić information content (AvgIpc) is 2.31. The van der Waals surface area contributed by atoms with Gasteiger partial charge in [-0.2, -0.15) is 5.10 Å². The molecule has 13 heavy (non-hydrogen) atoms. The number of hydrogen-bond acceptors (Lipinski definition) is 2. The van der Waals surface area contributed by atoms with E-state index >= 15 is 0 Å². The summed E-state index contributed by atoms with van der Waals surface area (Å²) in [6.07, 6.45) is 4.39. The lowest BCUT2D eigenvalue weighted by Gasteiger charge is -2.08. The third-order valence-electron chi connectivity index (χ3n) is 2.02. The molecule has 1 heterocycles. The normalized spacial score (nSPS) is 13.2. The lowest BCUT2D eigenvalue weighted by atomic mass is 10.1. The number of rotatable bonds is 4. The number of nitrogens with two attached hydrogens (primary N) is 1. The fourth-order valence-corrected chi connectivity index (χ4v) is 1.72. The van der Waals surface area contributed by atoms with Crippen molar-refractivity contribution in [2.45, 2.75) is 33.2 Å². The van der Waals surface area contributed by atoms with Crippen molar-refractivity contribution in [2.75, 3.05) is 5.73 Å². The molecule has 0 aliphatic carbocycles. The quantitative estimate of drug-likeness (QED) is 0.887. The first kappa shape index (κ1) is 10.6. The highest BCUT2D eigenvalue weighted by Crippen LogP contribution is 2.17. The monoisotopic (exact) mass is 245 g/mol. The molecule has 1 rings (SSSR count). The number of nitrogens with zero attached hydrogens (tertiary/aromatic N) is 2. The average molecular weight is 246 g/mol. The highest BCUT2D eigenvalue weighted by molar-refractivity contribution is 9.10. The second-order valence-electron chi connectivity index (χ2n) is 3.48. The molecule has 0 aliphatic rings. The van der Waals surface area contributed by atoms with Gasteiger partial charge in [-0.1, -0.05) is 20.3 Å². The van der Waals surface area contributed by atoms with E-state index in [0.29, 0.717) is 11.7 Å². The largest absolute Gasteiger partial charge is 0.381 e. The van der Waals surface area contributed by atoms with Crippen LogP contribution in [-0.4, -0.2) is 9.78 Å². The van der Waals surface area contributed by atoms with Crippen LogP contribution in [0.15, 0.2) is 10.7 Å². The Labute approximate surface area is 87.4 Å². The van der Waals surface area contributed by atoms with Gasteiger partial charge in [0.1, 0.15) is 0 Å². The zero-order valence-electron chi connectivity index (χ0n) is 8.13. The van der Waals surface area contributed by atoms with Crippen LogP contribution in [0.3, 0.4) is 0 Å². The maximum Gasteiger partial charge on any atom is 0.159 e. The Hall–Kier alpha value is -0.510. The molecular weight excluding hydrogens is 230 g/mol. The number of halogens is 1. The second-order valence-corrected chi connectivity index (χ2v) is 4.33. The van der Waals surface area contributed by atoms with Gasteiger partial charge < -0.3 is 5.73 Å². The zero-order valence-corrected chi connectivity index (χ0v) is 9.71. The van der Waals surface area contributed by atoms with Crippen LogP contribution in [-0.2, 0) is 6.54 Å². The summed E-state index contributed by atoms with van der Waals surface area (Å²) >= 11 is 3.34. The van der Waals surface area contributed by atoms with E-state index in [9.17, 15) is 0 Å². The van der Waals surface area contributed by atoms with Crippen molar-refractivity contribution >= 4 is 21.7 Å². The van der Waals surface area contributed by atoms with Gasteiger partial charge in [0.2, 0.25) is 0 Å². The van der Waals surface area contributed by atoms with E-state index in [1.807, 2.05) is 10.9 Å². The summed E-state index contributed by atoms with van der Waals surface area (Å²) in [6, 6.07) is 0. The molecule has 0 aromatic carbocycles. The van der Waals surface area contributed by atoms with Gasteiger partial charge in [-0.3, -0.25) is 4.68 Å². The van der Waals surface area contributed by atoms with E-state index in [1.165, 1.54) is 12.8 Å². The smallest absolute Gasteiger partial charge is 0.159 e. The lowest BCUT2D eigenvalue weighted by molar-refractivity contribution is 0.421. The lowest BCUT2D eigenvalue weighted by Crippen LogP contribution is -2.08. The summed E-state index contributed by atoms with van der Waals surface area (Å²) in [4.78, 5) is 0. The third-order valence-corrected chi connectivity index (χ3v) is 2.63. The summed E-state index contributed by atoms with van der Waals surface area (Å²) in [5.74, 6) is 1.24. The predicted molar refractivity (Wildman–Crippen MR) is 58.4 cm³/mol. The van der Waals surface area contributed by atoms with Gasteiger partial charge in [0.05, 0.1) is 4.47 Å². The SMILES string of the molecule is CCCC(C)Cn1cc(Br)c(N)n1. The summed E-state index contributed by atoms with van der Waals surface area (Å²) in [7, 11) is 0. The Kier molecular flexibility index (Phi) is 3.78. The zero-order chi connectivity index (χ0) is 9.84. The summed E-state index contributed by atoms with van der Waals surface area (Å²) in [5.41, 5.74) is 5.61. The van der Waals surface area contributed by atoms with E-state index in [0.717, 1.165) is 11.0 Å². The fourth-order valence-electron chi connectivity index (χ4n) is 1.41. The van der Waals surface area contributed by atoms with Gasteiger partial charge in [0.15, 0.2) is 5.82 Å². The van der Waals surface area contributed by atoms with Crippen LogP contribution >= 0.6 is 15.9 Å². The van der Waals surface area contributed by atoms with Gasteiger partial charge in [0.25, 0.3) is 0 Å². The van der Waals surface area contributed by atoms with E-state index in [4.69, 9.17) is 5.73 Å².